The molecule has 0 atom stereocenters. The molecule has 0 aromatic carbocycles. The van der Waals surface area contributed by atoms with E-state index < -0.39 is 0 Å². The number of halogens is 1. The molecule has 1 aromatic rings. The number of rotatable bonds is 7. The molecule has 1 heterocycles. The number of hydrogen-bond acceptors (Lipinski definition) is 4. The number of carbonyl (C=O) groups excluding carboxylic acids is 1. The summed E-state index contributed by atoms with van der Waals surface area (Å²) in [5.41, 5.74) is 2.98. The zero-order chi connectivity index (χ0) is 15.1. The topological polar surface area (TPSA) is 71.2 Å². The minimum atomic E-state index is -0.0437. The second-order valence-corrected chi connectivity index (χ2v) is 5.91. The molecule has 0 spiro atoms. The Balaban J connectivity index is 2.96. The first-order valence-electron chi connectivity index (χ1n) is 6.94. The van der Waals surface area contributed by atoms with Gasteiger partial charge in [0, 0.05) is 23.3 Å². The highest BCUT2D eigenvalue weighted by atomic mass is 79.9. The van der Waals surface area contributed by atoms with Crippen LogP contribution in [0.5, 0.6) is 0 Å². The van der Waals surface area contributed by atoms with E-state index in [1.807, 2.05) is 18.7 Å². The number of unbranched alkanes of at least 4 members (excludes halogenated alkanes) is 2. The number of nitrogens with zero attached hydrogens (tertiary/aromatic N) is 2. The van der Waals surface area contributed by atoms with Crippen LogP contribution in [0.1, 0.15) is 50.4 Å². The number of nitrogens with one attached hydrogen (secondary N) is 1. The van der Waals surface area contributed by atoms with Gasteiger partial charge in [0.05, 0.1) is 5.56 Å². The van der Waals surface area contributed by atoms with Gasteiger partial charge in [-0.3, -0.25) is 4.79 Å². The Morgan fingerprint density at radius 3 is 2.75 bits per heavy atom. The van der Waals surface area contributed by atoms with Gasteiger partial charge in [0.15, 0.2) is 5.82 Å². The third-order valence-corrected chi connectivity index (χ3v) is 3.54. The highest BCUT2D eigenvalue weighted by molar-refractivity contribution is 9.10. The van der Waals surface area contributed by atoms with E-state index in [0.29, 0.717) is 11.4 Å². The van der Waals surface area contributed by atoms with Crippen molar-refractivity contribution in [3.63, 3.8) is 0 Å². The summed E-state index contributed by atoms with van der Waals surface area (Å²) in [5.74, 6) is 5.80. The number of carbonyl (C=O) groups is 1. The van der Waals surface area contributed by atoms with Crippen LogP contribution in [0.4, 0.5) is 5.82 Å². The van der Waals surface area contributed by atoms with Crippen molar-refractivity contribution >= 4 is 27.7 Å². The molecule has 0 fully saturated rings. The molecular weight excluding hydrogens is 320 g/mol. The maximum Gasteiger partial charge on any atom is 0.257 e. The van der Waals surface area contributed by atoms with Gasteiger partial charge in [-0.1, -0.05) is 19.8 Å². The van der Waals surface area contributed by atoms with Gasteiger partial charge >= 0.3 is 0 Å². The number of aromatic nitrogens is 1. The summed E-state index contributed by atoms with van der Waals surface area (Å²) >= 11 is 3.34. The van der Waals surface area contributed by atoms with E-state index in [1.165, 1.54) is 0 Å². The summed E-state index contributed by atoms with van der Waals surface area (Å²) in [7, 11) is 0. The van der Waals surface area contributed by atoms with Crippen molar-refractivity contribution in [2.45, 2.75) is 46.1 Å². The molecule has 0 saturated carbocycles. The third-order valence-electron chi connectivity index (χ3n) is 3.11. The number of hydrogen-bond donors (Lipinski definition) is 2. The third kappa shape index (κ3) is 4.45. The predicted octanol–water partition coefficient (Wildman–Crippen LogP) is 3.17. The zero-order valence-corrected chi connectivity index (χ0v) is 13.9. The quantitative estimate of drug-likeness (QED) is 0.453. The van der Waals surface area contributed by atoms with Crippen LogP contribution < -0.4 is 11.3 Å². The Morgan fingerprint density at radius 2 is 2.20 bits per heavy atom. The average Bonchev–Trinajstić information content (AvgIpc) is 2.42. The van der Waals surface area contributed by atoms with Gasteiger partial charge in [0.1, 0.15) is 0 Å². The van der Waals surface area contributed by atoms with Gasteiger partial charge in [0.25, 0.3) is 5.91 Å². The zero-order valence-electron chi connectivity index (χ0n) is 12.3. The van der Waals surface area contributed by atoms with Crippen LogP contribution in [-0.4, -0.2) is 28.4 Å². The van der Waals surface area contributed by atoms with E-state index >= 15 is 0 Å². The first kappa shape index (κ1) is 16.9. The molecule has 0 radical (unpaired) electrons. The fourth-order valence-electron chi connectivity index (χ4n) is 2.00. The first-order valence-corrected chi connectivity index (χ1v) is 7.73. The Hall–Kier alpha value is -1.14. The maximum absolute atomic E-state index is 12.7. The number of nitrogen functional groups attached to an aromatic ring is 1. The summed E-state index contributed by atoms with van der Waals surface area (Å²) in [6.07, 6.45) is 4.87. The number of anilines is 1. The molecule has 0 aliphatic rings. The number of nitrogens with two attached hydrogens (primary N) is 1. The van der Waals surface area contributed by atoms with E-state index in [9.17, 15) is 4.79 Å². The molecule has 1 amide bonds. The van der Waals surface area contributed by atoms with E-state index in [2.05, 4.69) is 33.3 Å². The minimum Gasteiger partial charge on any atom is -0.336 e. The summed E-state index contributed by atoms with van der Waals surface area (Å²) in [6, 6.07) is 1.89. The molecule has 0 aliphatic heterocycles. The molecule has 0 saturated heterocycles. The Labute approximate surface area is 129 Å². The summed E-state index contributed by atoms with van der Waals surface area (Å²) < 4.78 is 0.761. The van der Waals surface area contributed by atoms with Crippen LogP contribution in [-0.2, 0) is 0 Å². The van der Waals surface area contributed by atoms with Gasteiger partial charge in [-0.2, -0.15) is 0 Å². The van der Waals surface area contributed by atoms with Gasteiger partial charge < -0.3 is 10.3 Å². The molecule has 112 valence electrons. The van der Waals surface area contributed by atoms with Crippen molar-refractivity contribution in [3.8, 4) is 0 Å². The summed E-state index contributed by atoms with van der Waals surface area (Å²) in [6.45, 7) is 6.94. The van der Waals surface area contributed by atoms with Crippen molar-refractivity contribution in [3.05, 3.63) is 22.3 Å². The fraction of sp³-hybridized carbons (Fsp3) is 0.571. The van der Waals surface area contributed by atoms with Crippen LogP contribution >= 0.6 is 15.9 Å². The molecule has 20 heavy (non-hydrogen) atoms. The SMILES string of the molecule is CCCCCN(C(=O)c1cc(Br)cnc1NN)C(C)C. The lowest BCUT2D eigenvalue weighted by Gasteiger charge is -2.27. The molecule has 6 heteroatoms. The summed E-state index contributed by atoms with van der Waals surface area (Å²) in [5, 5.41) is 0. The Bertz CT molecular complexity index is 451. The molecule has 0 bridgehead atoms. The number of pyridine rings is 1. The molecule has 0 aliphatic carbocycles. The fourth-order valence-corrected chi connectivity index (χ4v) is 2.33. The lowest BCUT2D eigenvalue weighted by Crippen LogP contribution is -2.38. The molecule has 1 rings (SSSR count). The van der Waals surface area contributed by atoms with Crippen LogP contribution in [0.3, 0.4) is 0 Å². The smallest absolute Gasteiger partial charge is 0.257 e. The first-order chi connectivity index (χ1) is 9.51. The molecule has 1 aromatic heterocycles. The maximum atomic E-state index is 12.7. The van der Waals surface area contributed by atoms with Crippen LogP contribution in [0.15, 0.2) is 16.7 Å². The van der Waals surface area contributed by atoms with E-state index in [1.54, 1.807) is 12.3 Å². The van der Waals surface area contributed by atoms with Crippen molar-refractivity contribution < 1.29 is 4.79 Å². The van der Waals surface area contributed by atoms with Crippen molar-refractivity contribution in [1.29, 1.82) is 0 Å². The van der Waals surface area contributed by atoms with Crippen LogP contribution in [0, 0.1) is 0 Å². The second-order valence-electron chi connectivity index (χ2n) is 4.99. The number of amides is 1. The monoisotopic (exact) mass is 342 g/mol. The Kier molecular flexibility index (Phi) is 6.95. The molecule has 0 unspecified atom stereocenters. The largest absolute Gasteiger partial charge is 0.336 e. The summed E-state index contributed by atoms with van der Waals surface area (Å²) in [4.78, 5) is 18.7. The second kappa shape index (κ2) is 8.21. The van der Waals surface area contributed by atoms with E-state index in [-0.39, 0.29) is 11.9 Å². The minimum absolute atomic E-state index is 0.0437. The molecule has 3 N–H and O–H groups in total. The highest BCUT2D eigenvalue weighted by Gasteiger charge is 2.21. The molecular formula is C14H23BrN4O. The molecule has 5 nitrogen and oxygen atoms in total. The van der Waals surface area contributed by atoms with E-state index in [0.717, 1.165) is 30.3 Å². The predicted molar refractivity (Wildman–Crippen MR) is 85.4 cm³/mol. The van der Waals surface area contributed by atoms with Gasteiger partial charge in [0.2, 0.25) is 0 Å². The standard InChI is InChI=1S/C14H23BrN4O/c1-4-5-6-7-19(10(2)3)14(20)12-8-11(15)9-17-13(12)18-16/h8-10H,4-7,16H2,1-3H3,(H,17,18). The van der Waals surface area contributed by atoms with Crippen molar-refractivity contribution in [2.75, 3.05) is 12.0 Å². The normalized spacial score (nSPS) is 10.7. The highest BCUT2D eigenvalue weighted by Crippen LogP contribution is 2.20. The lowest BCUT2D eigenvalue weighted by molar-refractivity contribution is 0.0703. The van der Waals surface area contributed by atoms with Crippen molar-refractivity contribution in [1.82, 2.24) is 9.88 Å². The van der Waals surface area contributed by atoms with Crippen LogP contribution in [0.25, 0.3) is 0 Å². The Morgan fingerprint density at radius 1 is 1.50 bits per heavy atom. The number of hydrazine groups is 1. The average molecular weight is 343 g/mol. The lowest BCUT2D eigenvalue weighted by atomic mass is 10.1. The van der Waals surface area contributed by atoms with Gasteiger partial charge in [-0.05, 0) is 42.3 Å². The van der Waals surface area contributed by atoms with Crippen LogP contribution in [0.2, 0.25) is 0 Å². The van der Waals surface area contributed by atoms with Gasteiger partial charge in [-0.15, -0.1) is 0 Å². The van der Waals surface area contributed by atoms with E-state index in [4.69, 9.17) is 5.84 Å². The van der Waals surface area contributed by atoms with Gasteiger partial charge in [-0.25, -0.2) is 10.8 Å². The van der Waals surface area contributed by atoms with Crippen molar-refractivity contribution in [2.24, 2.45) is 5.84 Å².